The molecule has 19 heavy (non-hydrogen) atoms. The Balaban J connectivity index is 2.87. The highest BCUT2D eigenvalue weighted by molar-refractivity contribution is 4.93. The maximum Gasteiger partial charge on any atom is 0.390 e. The summed E-state index contributed by atoms with van der Waals surface area (Å²) in [5, 5.41) is 0. The molecule has 1 aliphatic rings. The van der Waals surface area contributed by atoms with Crippen LogP contribution in [0.15, 0.2) is 0 Å². The third-order valence-corrected chi connectivity index (χ3v) is 3.76. The number of hydrogen-bond donors (Lipinski definition) is 0. The Morgan fingerprint density at radius 3 is 1.79 bits per heavy atom. The SMILES string of the molecule is CC(C)(C)N1CCN(C(C)(C)C)C(CC(F)(F)F)C1. The Hall–Kier alpha value is -0.290. The molecule has 1 saturated heterocycles. The van der Waals surface area contributed by atoms with Crippen molar-refractivity contribution in [3.8, 4) is 0 Å². The largest absolute Gasteiger partial charge is 0.390 e. The van der Waals surface area contributed by atoms with Crippen molar-refractivity contribution in [2.24, 2.45) is 0 Å². The molecule has 2 nitrogen and oxygen atoms in total. The zero-order chi connectivity index (χ0) is 15.1. The summed E-state index contributed by atoms with van der Waals surface area (Å²) in [6, 6.07) is -0.451. The summed E-state index contributed by atoms with van der Waals surface area (Å²) in [5.74, 6) is 0. The summed E-state index contributed by atoms with van der Waals surface area (Å²) in [4.78, 5) is 4.16. The second-order valence-electron chi connectivity index (χ2n) is 7.45. The van der Waals surface area contributed by atoms with E-state index >= 15 is 0 Å². The Bertz CT molecular complexity index is 299. The topological polar surface area (TPSA) is 6.48 Å². The Kier molecular flexibility index (Phi) is 4.63. The monoisotopic (exact) mass is 280 g/mol. The van der Waals surface area contributed by atoms with Crippen LogP contribution in [0.2, 0.25) is 0 Å². The van der Waals surface area contributed by atoms with Gasteiger partial charge in [0.2, 0.25) is 0 Å². The summed E-state index contributed by atoms with van der Waals surface area (Å²) < 4.78 is 38.3. The number of alkyl halides is 3. The highest BCUT2D eigenvalue weighted by Gasteiger charge is 2.42. The normalized spacial score (nSPS) is 24.8. The van der Waals surface area contributed by atoms with Gasteiger partial charge in [-0.25, -0.2) is 0 Å². The first kappa shape index (κ1) is 16.8. The number of piperazine rings is 1. The van der Waals surface area contributed by atoms with Gasteiger partial charge >= 0.3 is 6.18 Å². The van der Waals surface area contributed by atoms with E-state index in [1.165, 1.54) is 0 Å². The number of halogens is 3. The van der Waals surface area contributed by atoms with Gasteiger partial charge < -0.3 is 0 Å². The lowest BCUT2D eigenvalue weighted by atomic mass is 9.95. The van der Waals surface area contributed by atoms with Crippen LogP contribution in [0.25, 0.3) is 0 Å². The first-order valence-corrected chi connectivity index (χ1v) is 6.89. The third kappa shape index (κ3) is 4.95. The van der Waals surface area contributed by atoms with Gasteiger partial charge in [0.25, 0.3) is 0 Å². The molecule has 0 radical (unpaired) electrons. The van der Waals surface area contributed by atoms with Crippen LogP contribution in [0.5, 0.6) is 0 Å². The van der Waals surface area contributed by atoms with E-state index in [1.54, 1.807) is 0 Å². The lowest BCUT2D eigenvalue weighted by Crippen LogP contribution is -2.63. The first-order valence-electron chi connectivity index (χ1n) is 6.89. The molecule has 1 atom stereocenters. The number of hydrogen-bond acceptors (Lipinski definition) is 2. The van der Waals surface area contributed by atoms with Gasteiger partial charge in [0.05, 0.1) is 6.42 Å². The molecule has 0 aliphatic carbocycles. The molecule has 1 aliphatic heterocycles. The minimum atomic E-state index is -4.10. The van der Waals surface area contributed by atoms with Crippen LogP contribution >= 0.6 is 0 Å². The molecule has 0 spiro atoms. The van der Waals surface area contributed by atoms with Crippen molar-refractivity contribution < 1.29 is 13.2 Å². The van der Waals surface area contributed by atoms with E-state index in [0.717, 1.165) is 6.54 Å². The molecule has 0 bridgehead atoms. The van der Waals surface area contributed by atoms with Crippen molar-refractivity contribution in [2.45, 2.75) is 71.3 Å². The summed E-state index contributed by atoms with van der Waals surface area (Å²) in [6.45, 7) is 14.2. The zero-order valence-corrected chi connectivity index (χ0v) is 12.9. The summed E-state index contributed by atoms with van der Waals surface area (Å²) in [7, 11) is 0. The summed E-state index contributed by atoms with van der Waals surface area (Å²) >= 11 is 0. The number of rotatable bonds is 1. The van der Waals surface area contributed by atoms with Crippen molar-refractivity contribution in [1.29, 1.82) is 0 Å². The van der Waals surface area contributed by atoms with Gasteiger partial charge in [-0.1, -0.05) is 0 Å². The van der Waals surface area contributed by atoms with Gasteiger partial charge in [-0.3, -0.25) is 9.80 Å². The molecule has 0 N–H and O–H groups in total. The quantitative estimate of drug-likeness (QED) is 0.725. The lowest BCUT2D eigenvalue weighted by Gasteiger charge is -2.51. The fourth-order valence-electron chi connectivity index (χ4n) is 2.79. The smallest absolute Gasteiger partial charge is 0.296 e. The van der Waals surface area contributed by atoms with Crippen molar-refractivity contribution in [1.82, 2.24) is 9.80 Å². The van der Waals surface area contributed by atoms with Crippen LogP contribution in [0.4, 0.5) is 13.2 Å². The average molecular weight is 280 g/mol. The second kappa shape index (κ2) is 5.24. The van der Waals surface area contributed by atoms with E-state index in [1.807, 2.05) is 25.7 Å². The molecule has 114 valence electrons. The summed E-state index contributed by atoms with van der Waals surface area (Å²) in [6.07, 6.45) is -4.83. The minimum absolute atomic E-state index is 0.0756. The van der Waals surface area contributed by atoms with E-state index in [2.05, 4.69) is 25.7 Å². The van der Waals surface area contributed by atoms with Gasteiger partial charge in [0.15, 0.2) is 0 Å². The first-order chi connectivity index (χ1) is 8.31. The molecule has 0 saturated carbocycles. The van der Waals surface area contributed by atoms with Crippen molar-refractivity contribution in [3.05, 3.63) is 0 Å². The van der Waals surface area contributed by atoms with E-state index < -0.39 is 18.6 Å². The molecule has 1 heterocycles. The van der Waals surface area contributed by atoms with Crippen LogP contribution in [0.1, 0.15) is 48.0 Å². The maximum absolute atomic E-state index is 12.8. The van der Waals surface area contributed by atoms with E-state index in [0.29, 0.717) is 13.1 Å². The molecular weight excluding hydrogens is 253 g/mol. The molecule has 1 unspecified atom stereocenters. The fourth-order valence-corrected chi connectivity index (χ4v) is 2.79. The molecule has 0 aromatic heterocycles. The predicted molar refractivity (Wildman–Crippen MR) is 72.2 cm³/mol. The van der Waals surface area contributed by atoms with Crippen molar-refractivity contribution in [2.75, 3.05) is 19.6 Å². The molecule has 0 aromatic rings. The predicted octanol–water partition coefficient (Wildman–Crippen LogP) is 3.52. The Morgan fingerprint density at radius 2 is 1.42 bits per heavy atom. The van der Waals surface area contributed by atoms with Crippen molar-refractivity contribution in [3.63, 3.8) is 0 Å². The van der Waals surface area contributed by atoms with Crippen LogP contribution in [-0.2, 0) is 0 Å². The molecule has 5 heteroatoms. The molecular formula is C14H27F3N2. The average Bonchev–Trinajstić information content (AvgIpc) is 2.11. The fraction of sp³-hybridized carbons (Fsp3) is 1.00. The van der Waals surface area contributed by atoms with Crippen molar-refractivity contribution >= 4 is 0 Å². The molecule has 0 aromatic carbocycles. The Labute approximate surface area is 114 Å². The van der Waals surface area contributed by atoms with Gasteiger partial charge in [0, 0.05) is 36.8 Å². The zero-order valence-electron chi connectivity index (χ0n) is 12.9. The molecule has 1 rings (SSSR count). The van der Waals surface area contributed by atoms with E-state index in [-0.39, 0.29) is 11.1 Å². The van der Waals surface area contributed by atoms with E-state index in [9.17, 15) is 13.2 Å². The van der Waals surface area contributed by atoms with Gasteiger partial charge in [-0.2, -0.15) is 13.2 Å². The van der Waals surface area contributed by atoms with Gasteiger partial charge in [-0.05, 0) is 41.5 Å². The van der Waals surface area contributed by atoms with Crippen LogP contribution in [-0.4, -0.2) is 52.7 Å². The lowest BCUT2D eigenvalue weighted by molar-refractivity contribution is -0.160. The maximum atomic E-state index is 12.8. The third-order valence-electron chi connectivity index (χ3n) is 3.76. The number of nitrogens with zero attached hydrogens (tertiary/aromatic N) is 2. The van der Waals surface area contributed by atoms with Crippen LogP contribution in [0.3, 0.4) is 0 Å². The highest BCUT2D eigenvalue weighted by atomic mass is 19.4. The second-order valence-corrected chi connectivity index (χ2v) is 7.45. The minimum Gasteiger partial charge on any atom is -0.296 e. The summed E-state index contributed by atoms with van der Waals surface area (Å²) in [5.41, 5.74) is -0.298. The van der Waals surface area contributed by atoms with Gasteiger partial charge in [0.1, 0.15) is 0 Å². The highest BCUT2D eigenvalue weighted by Crippen LogP contribution is 2.32. The van der Waals surface area contributed by atoms with Gasteiger partial charge in [-0.15, -0.1) is 0 Å². The Morgan fingerprint density at radius 1 is 0.895 bits per heavy atom. The molecule has 1 fully saturated rings. The van der Waals surface area contributed by atoms with Crippen LogP contribution in [0, 0.1) is 0 Å². The van der Waals surface area contributed by atoms with E-state index in [4.69, 9.17) is 0 Å². The standard InChI is InChI=1S/C14H27F3N2/c1-12(2,3)18-7-8-19(13(4,5)6)11(10-18)9-14(15,16)17/h11H,7-10H2,1-6H3. The van der Waals surface area contributed by atoms with Crippen LogP contribution < -0.4 is 0 Å². The molecule has 0 amide bonds.